The monoisotopic (exact) mass is 244 g/mol. The van der Waals surface area contributed by atoms with Gasteiger partial charge in [-0.25, -0.2) is 4.79 Å². The second-order valence-corrected chi connectivity index (χ2v) is 3.96. The Kier molecular flexibility index (Phi) is 4.15. The zero-order valence-corrected chi connectivity index (χ0v) is 9.82. The number of carboxylic acid groups (broad SMARTS) is 1. The summed E-state index contributed by atoms with van der Waals surface area (Å²) < 4.78 is 10.2. The Morgan fingerprint density at radius 2 is 2.25 bits per heavy atom. The number of ether oxygens (including phenoxy) is 2. The summed E-state index contributed by atoms with van der Waals surface area (Å²) >= 11 is 5.77. The molecule has 1 aromatic rings. The van der Waals surface area contributed by atoms with Gasteiger partial charge in [-0.15, -0.1) is 0 Å². The molecule has 1 unspecified atom stereocenters. The lowest BCUT2D eigenvalue weighted by Gasteiger charge is -2.25. The van der Waals surface area contributed by atoms with E-state index in [0.717, 1.165) is 0 Å². The second-order valence-electron chi connectivity index (χ2n) is 3.53. The molecule has 1 atom stereocenters. The number of rotatable bonds is 5. The van der Waals surface area contributed by atoms with Crippen molar-refractivity contribution in [1.29, 1.82) is 0 Å². The maximum Gasteiger partial charge on any atom is 0.350 e. The molecule has 0 bridgehead atoms. The van der Waals surface area contributed by atoms with Crippen molar-refractivity contribution in [3.8, 4) is 5.75 Å². The van der Waals surface area contributed by atoms with Crippen LogP contribution in [0.2, 0.25) is 5.02 Å². The van der Waals surface area contributed by atoms with Crippen LogP contribution in [-0.2, 0) is 9.53 Å². The molecule has 1 rings (SSSR count). The maximum absolute atomic E-state index is 11.1. The van der Waals surface area contributed by atoms with Crippen molar-refractivity contribution in [2.45, 2.75) is 12.5 Å². The average Bonchev–Trinajstić information content (AvgIpc) is 2.17. The Balaban J connectivity index is 2.87. The fourth-order valence-corrected chi connectivity index (χ4v) is 1.38. The first kappa shape index (κ1) is 12.8. The number of methoxy groups -OCH3 is 1. The summed E-state index contributed by atoms with van der Waals surface area (Å²) in [5.41, 5.74) is -1.42. The standard InChI is InChI=1S/C11H13ClO4/c1-11(7-15-2,10(13)14)16-9-5-3-4-8(12)6-9/h3-6H,7H2,1-2H3,(H,13,14). The quantitative estimate of drug-likeness (QED) is 0.863. The van der Waals surface area contributed by atoms with Gasteiger partial charge < -0.3 is 14.6 Å². The van der Waals surface area contributed by atoms with Gasteiger partial charge in [0.15, 0.2) is 0 Å². The van der Waals surface area contributed by atoms with Crippen LogP contribution in [0.15, 0.2) is 24.3 Å². The fraction of sp³-hybridized carbons (Fsp3) is 0.364. The summed E-state index contributed by atoms with van der Waals surface area (Å²) in [7, 11) is 1.42. The van der Waals surface area contributed by atoms with E-state index in [-0.39, 0.29) is 6.61 Å². The van der Waals surface area contributed by atoms with E-state index in [1.165, 1.54) is 14.0 Å². The van der Waals surface area contributed by atoms with E-state index < -0.39 is 11.6 Å². The topological polar surface area (TPSA) is 55.8 Å². The Labute approximate surface area is 98.7 Å². The Hall–Kier alpha value is -1.26. The molecule has 0 heterocycles. The molecular weight excluding hydrogens is 232 g/mol. The first-order valence-electron chi connectivity index (χ1n) is 4.65. The van der Waals surface area contributed by atoms with Gasteiger partial charge in [0.2, 0.25) is 5.60 Å². The van der Waals surface area contributed by atoms with Crippen molar-refractivity contribution in [2.24, 2.45) is 0 Å². The van der Waals surface area contributed by atoms with E-state index in [4.69, 9.17) is 26.2 Å². The van der Waals surface area contributed by atoms with Gasteiger partial charge in [-0.3, -0.25) is 0 Å². The van der Waals surface area contributed by atoms with Crippen molar-refractivity contribution in [3.05, 3.63) is 29.3 Å². The minimum Gasteiger partial charge on any atom is -0.478 e. The normalized spacial score (nSPS) is 14.2. The predicted octanol–water partition coefficient (Wildman–Crippen LogP) is 2.21. The zero-order valence-electron chi connectivity index (χ0n) is 9.07. The zero-order chi connectivity index (χ0) is 12.2. The van der Waals surface area contributed by atoms with E-state index in [2.05, 4.69) is 0 Å². The third-order valence-corrected chi connectivity index (χ3v) is 2.25. The van der Waals surface area contributed by atoms with Gasteiger partial charge in [-0.2, -0.15) is 0 Å². The van der Waals surface area contributed by atoms with Gasteiger partial charge in [0.05, 0.1) is 6.61 Å². The molecule has 0 aliphatic rings. The van der Waals surface area contributed by atoms with E-state index in [1.54, 1.807) is 24.3 Å². The van der Waals surface area contributed by atoms with E-state index in [0.29, 0.717) is 10.8 Å². The highest BCUT2D eigenvalue weighted by atomic mass is 35.5. The lowest BCUT2D eigenvalue weighted by Crippen LogP contribution is -2.45. The molecule has 0 aliphatic heterocycles. The average molecular weight is 245 g/mol. The minimum atomic E-state index is -1.42. The highest BCUT2D eigenvalue weighted by molar-refractivity contribution is 6.30. The summed E-state index contributed by atoms with van der Waals surface area (Å²) in [4.78, 5) is 11.1. The van der Waals surface area contributed by atoms with E-state index in [9.17, 15) is 4.79 Å². The number of hydrogen-bond donors (Lipinski definition) is 1. The van der Waals surface area contributed by atoms with Crippen LogP contribution in [0.1, 0.15) is 6.92 Å². The van der Waals surface area contributed by atoms with Crippen LogP contribution in [-0.4, -0.2) is 30.4 Å². The Morgan fingerprint density at radius 3 is 2.75 bits per heavy atom. The van der Waals surface area contributed by atoms with Crippen LogP contribution < -0.4 is 4.74 Å². The molecular formula is C11H13ClO4. The molecule has 1 N–H and O–H groups in total. The van der Waals surface area contributed by atoms with Crippen LogP contribution in [0.5, 0.6) is 5.75 Å². The maximum atomic E-state index is 11.1. The summed E-state index contributed by atoms with van der Waals surface area (Å²) in [6, 6.07) is 6.57. The molecule has 0 radical (unpaired) electrons. The first-order chi connectivity index (χ1) is 7.48. The number of carbonyl (C=O) groups is 1. The summed E-state index contributed by atoms with van der Waals surface area (Å²) in [5, 5.41) is 9.54. The molecule has 0 aromatic heterocycles. The highest BCUT2D eigenvalue weighted by Gasteiger charge is 2.35. The molecule has 1 aromatic carbocycles. The number of hydrogen-bond acceptors (Lipinski definition) is 3. The lowest BCUT2D eigenvalue weighted by molar-refractivity contribution is -0.158. The minimum absolute atomic E-state index is 0.0468. The third-order valence-electron chi connectivity index (χ3n) is 2.01. The van der Waals surface area contributed by atoms with Crippen molar-refractivity contribution >= 4 is 17.6 Å². The summed E-state index contributed by atoms with van der Waals surface area (Å²) in [6.07, 6.45) is 0. The first-order valence-corrected chi connectivity index (χ1v) is 5.02. The summed E-state index contributed by atoms with van der Waals surface area (Å²) in [6.45, 7) is 1.40. The molecule has 88 valence electrons. The van der Waals surface area contributed by atoms with Gasteiger partial charge in [0.1, 0.15) is 5.75 Å². The van der Waals surface area contributed by atoms with Crippen molar-refractivity contribution < 1.29 is 19.4 Å². The summed E-state index contributed by atoms with van der Waals surface area (Å²) in [5.74, 6) is -0.691. The molecule has 4 nitrogen and oxygen atoms in total. The molecule has 0 spiro atoms. The predicted molar refractivity (Wildman–Crippen MR) is 60.0 cm³/mol. The molecule has 0 amide bonds. The van der Waals surface area contributed by atoms with Crippen molar-refractivity contribution in [1.82, 2.24) is 0 Å². The van der Waals surface area contributed by atoms with E-state index in [1.807, 2.05) is 0 Å². The second kappa shape index (κ2) is 5.18. The fourth-order valence-electron chi connectivity index (χ4n) is 1.20. The van der Waals surface area contributed by atoms with Crippen LogP contribution >= 0.6 is 11.6 Å². The Morgan fingerprint density at radius 1 is 1.56 bits per heavy atom. The van der Waals surface area contributed by atoms with Crippen LogP contribution in [0.25, 0.3) is 0 Å². The lowest BCUT2D eigenvalue weighted by atomic mass is 10.1. The molecule has 16 heavy (non-hydrogen) atoms. The van der Waals surface area contributed by atoms with E-state index >= 15 is 0 Å². The number of halogens is 1. The molecule has 0 fully saturated rings. The van der Waals surface area contributed by atoms with Crippen LogP contribution in [0, 0.1) is 0 Å². The molecule has 5 heteroatoms. The highest BCUT2D eigenvalue weighted by Crippen LogP contribution is 2.22. The largest absolute Gasteiger partial charge is 0.478 e. The molecule has 0 saturated heterocycles. The SMILES string of the molecule is COCC(C)(Oc1cccc(Cl)c1)C(=O)O. The van der Waals surface area contributed by atoms with Gasteiger partial charge in [-0.05, 0) is 25.1 Å². The van der Waals surface area contributed by atoms with Crippen molar-refractivity contribution in [2.75, 3.05) is 13.7 Å². The van der Waals surface area contributed by atoms with Gasteiger partial charge in [0, 0.05) is 12.1 Å². The van der Waals surface area contributed by atoms with Gasteiger partial charge in [0.25, 0.3) is 0 Å². The number of carboxylic acids is 1. The van der Waals surface area contributed by atoms with Gasteiger partial charge >= 0.3 is 5.97 Å². The number of benzene rings is 1. The Bertz CT molecular complexity index is 380. The third kappa shape index (κ3) is 3.12. The van der Waals surface area contributed by atoms with Crippen LogP contribution in [0.3, 0.4) is 0 Å². The number of aliphatic carboxylic acids is 1. The smallest absolute Gasteiger partial charge is 0.350 e. The molecule has 0 saturated carbocycles. The van der Waals surface area contributed by atoms with Gasteiger partial charge in [-0.1, -0.05) is 17.7 Å². The van der Waals surface area contributed by atoms with Crippen molar-refractivity contribution in [3.63, 3.8) is 0 Å². The molecule has 0 aliphatic carbocycles. The van der Waals surface area contributed by atoms with Crippen LogP contribution in [0.4, 0.5) is 0 Å².